The topological polar surface area (TPSA) is 0 Å². The molecule has 0 atom stereocenters. The molecule has 0 aliphatic heterocycles. The third kappa shape index (κ3) is 1.92. The highest BCUT2D eigenvalue weighted by Gasteiger charge is 2.12. The van der Waals surface area contributed by atoms with Gasteiger partial charge in [0.2, 0.25) is 0 Å². The van der Waals surface area contributed by atoms with Crippen LogP contribution in [-0.4, -0.2) is 0 Å². The highest BCUT2D eigenvalue weighted by Crippen LogP contribution is 2.38. The SMILES string of the molecule is Cc1ccc(C)c2c(-c3ccccc3)c3ccccc3cc12. The molecule has 0 amide bonds. The van der Waals surface area contributed by atoms with Crippen LogP contribution in [-0.2, 0) is 0 Å². The number of rotatable bonds is 1. The number of fused-ring (bicyclic) bond motifs is 2. The Morgan fingerprint density at radius 1 is 0.591 bits per heavy atom. The fourth-order valence-electron chi connectivity index (χ4n) is 3.40. The van der Waals surface area contributed by atoms with Crippen LogP contribution >= 0.6 is 0 Å². The molecule has 0 unspecified atom stereocenters. The molecule has 0 saturated heterocycles. The van der Waals surface area contributed by atoms with E-state index in [-0.39, 0.29) is 0 Å². The van der Waals surface area contributed by atoms with Crippen LogP contribution in [0.2, 0.25) is 0 Å². The molecular formula is C22H18. The molecule has 0 aliphatic rings. The molecule has 22 heavy (non-hydrogen) atoms. The molecule has 0 aromatic heterocycles. The van der Waals surface area contributed by atoms with Crippen molar-refractivity contribution < 1.29 is 0 Å². The van der Waals surface area contributed by atoms with Crippen molar-refractivity contribution in [3.05, 3.63) is 83.9 Å². The minimum atomic E-state index is 1.29. The summed E-state index contributed by atoms with van der Waals surface area (Å²) >= 11 is 0. The Labute approximate surface area is 131 Å². The summed E-state index contributed by atoms with van der Waals surface area (Å²) in [5.41, 5.74) is 5.32. The molecule has 0 N–H and O–H groups in total. The number of hydrogen-bond donors (Lipinski definition) is 0. The predicted molar refractivity (Wildman–Crippen MR) is 96.4 cm³/mol. The molecule has 0 saturated carbocycles. The smallest absolute Gasteiger partial charge is 0.00241 e. The molecule has 0 heteroatoms. The highest BCUT2D eigenvalue weighted by molar-refractivity contribution is 6.14. The van der Waals surface area contributed by atoms with Gasteiger partial charge in [0.15, 0.2) is 0 Å². The Morgan fingerprint density at radius 2 is 1.27 bits per heavy atom. The second-order valence-corrected chi connectivity index (χ2v) is 5.96. The van der Waals surface area contributed by atoms with Gasteiger partial charge in [0.05, 0.1) is 0 Å². The van der Waals surface area contributed by atoms with Gasteiger partial charge in [0.25, 0.3) is 0 Å². The van der Waals surface area contributed by atoms with Gasteiger partial charge in [0, 0.05) is 0 Å². The molecule has 0 bridgehead atoms. The Bertz CT molecular complexity index is 979. The Hall–Kier alpha value is -2.60. The zero-order valence-electron chi connectivity index (χ0n) is 12.9. The Morgan fingerprint density at radius 3 is 2.09 bits per heavy atom. The van der Waals surface area contributed by atoms with E-state index in [9.17, 15) is 0 Å². The molecule has 0 nitrogen and oxygen atoms in total. The first-order chi connectivity index (χ1) is 10.8. The monoisotopic (exact) mass is 282 g/mol. The quantitative estimate of drug-likeness (QED) is 0.360. The van der Waals surface area contributed by atoms with E-state index in [1.54, 1.807) is 0 Å². The van der Waals surface area contributed by atoms with Gasteiger partial charge in [-0.3, -0.25) is 0 Å². The standard InChI is InChI=1S/C22H18/c1-15-12-13-16(2)21-20(15)14-18-10-6-7-11-19(18)22(21)17-8-4-3-5-9-17/h3-14H,1-2H3. The lowest BCUT2D eigenvalue weighted by Gasteiger charge is -2.15. The van der Waals surface area contributed by atoms with Crippen LogP contribution in [0.15, 0.2) is 72.8 Å². The van der Waals surface area contributed by atoms with Crippen molar-refractivity contribution in [2.75, 3.05) is 0 Å². The van der Waals surface area contributed by atoms with Gasteiger partial charge in [-0.2, -0.15) is 0 Å². The molecule has 106 valence electrons. The molecule has 0 radical (unpaired) electrons. The second-order valence-electron chi connectivity index (χ2n) is 5.96. The van der Waals surface area contributed by atoms with E-state index < -0.39 is 0 Å². The van der Waals surface area contributed by atoms with Gasteiger partial charge in [0.1, 0.15) is 0 Å². The van der Waals surface area contributed by atoms with Crippen molar-refractivity contribution in [2.24, 2.45) is 0 Å². The van der Waals surface area contributed by atoms with Gasteiger partial charge in [-0.05, 0) is 63.7 Å². The minimum absolute atomic E-state index is 1.29. The summed E-state index contributed by atoms with van der Waals surface area (Å²) in [4.78, 5) is 0. The summed E-state index contributed by atoms with van der Waals surface area (Å²) in [5.74, 6) is 0. The average Bonchev–Trinajstić information content (AvgIpc) is 2.57. The van der Waals surface area contributed by atoms with E-state index in [1.165, 1.54) is 43.8 Å². The lowest BCUT2D eigenvalue weighted by molar-refractivity contribution is 1.46. The highest BCUT2D eigenvalue weighted by atomic mass is 14.2. The number of aryl methyl sites for hydroxylation is 2. The average molecular weight is 282 g/mol. The molecule has 0 spiro atoms. The van der Waals surface area contributed by atoms with Crippen molar-refractivity contribution in [2.45, 2.75) is 13.8 Å². The fourth-order valence-corrected chi connectivity index (χ4v) is 3.40. The normalized spacial score (nSPS) is 11.2. The van der Waals surface area contributed by atoms with Crippen molar-refractivity contribution in [1.29, 1.82) is 0 Å². The van der Waals surface area contributed by atoms with Crippen LogP contribution in [0.25, 0.3) is 32.7 Å². The van der Waals surface area contributed by atoms with E-state index in [1.807, 2.05) is 0 Å². The summed E-state index contributed by atoms with van der Waals surface area (Å²) < 4.78 is 0. The van der Waals surface area contributed by atoms with Crippen molar-refractivity contribution in [3.63, 3.8) is 0 Å². The minimum Gasteiger partial charge on any atom is -0.0622 e. The summed E-state index contributed by atoms with van der Waals surface area (Å²) in [6.45, 7) is 4.41. The first-order valence-corrected chi connectivity index (χ1v) is 7.73. The van der Waals surface area contributed by atoms with Crippen LogP contribution in [0, 0.1) is 13.8 Å². The van der Waals surface area contributed by atoms with Crippen LogP contribution in [0.1, 0.15) is 11.1 Å². The molecule has 0 aliphatic carbocycles. The maximum Gasteiger partial charge on any atom is -0.00241 e. The van der Waals surface area contributed by atoms with Gasteiger partial charge in [-0.25, -0.2) is 0 Å². The number of benzene rings is 4. The molecule has 4 aromatic rings. The van der Waals surface area contributed by atoms with Gasteiger partial charge >= 0.3 is 0 Å². The van der Waals surface area contributed by atoms with Crippen molar-refractivity contribution >= 4 is 21.5 Å². The largest absolute Gasteiger partial charge is 0.0622 e. The molecule has 4 rings (SSSR count). The maximum atomic E-state index is 2.33. The van der Waals surface area contributed by atoms with Crippen molar-refractivity contribution in [3.8, 4) is 11.1 Å². The summed E-state index contributed by atoms with van der Waals surface area (Å²) in [5, 5.41) is 5.37. The molecular weight excluding hydrogens is 264 g/mol. The lowest BCUT2D eigenvalue weighted by atomic mass is 9.88. The third-order valence-corrected chi connectivity index (χ3v) is 4.51. The van der Waals surface area contributed by atoms with Gasteiger partial charge in [-0.1, -0.05) is 66.7 Å². The van der Waals surface area contributed by atoms with Gasteiger partial charge in [-0.15, -0.1) is 0 Å². The summed E-state index contributed by atoms with van der Waals surface area (Å²) in [6.07, 6.45) is 0. The Kier molecular flexibility index (Phi) is 2.97. The van der Waals surface area contributed by atoms with Crippen LogP contribution in [0.4, 0.5) is 0 Å². The van der Waals surface area contributed by atoms with Crippen LogP contribution in [0.5, 0.6) is 0 Å². The van der Waals surface area contributed by atoms with Crippen LogP contribution in [0.3, 0.4) is 0 Å². The predicted octanol–water partition coefficient (Wildman–Crippen LogP) is 6.28. The summed E-state index contributed by atoms with van der Waals surface area (Å²) in [6, 6.07) is 26.2. The maximum absolute atomic E-state index is 2.33. The number of hydrogen-bond acceptors (Lipinski definition) is 0. The van der Waals surface area contributed by atoms with E-state index >= 15 is 0 Å². The fraction of sp³-hybridized carbons (Fsp3) is 0.0909. The first kappa shape index (κ1) is 13.1. The zero-order chi connectivity index (χ0) is 15.1. The van der Waals surface area contributed by atoms with E-state index in [0.717, 1.165) is 0 Å². The zero-order valence-corrected chi connectivity index (χ0v) is 12.9. The third-order valence-electron chi connectivity index (χ3n) is 4.51. The molecule has 4 aromatic carbocycles. The van der Waals surface area contributed by atoms with E-state index in [0.29, 0.717) is 0 Å². The lowest BCUT2D eigenvalue weighted by Crippen LogP contribution is -1.90. The molecule has 0 heterocycles. The van der Waals surface area contributed by atoms with Gasteiger partial charge < -0.3 is 0 Å². The van der Waals surface area contributed by atoms with Crippen LogP contribution < -0.4 is 0 Å². The summed E-state index contributed by atoms with van der Waals surface area (Å²) in [7, 11) is 0. The Balaban J connectivity index is 2.30. The molecule has 0 fully saturated rings. The first-order valence-electron chi connectivity index (χ1n) is 7.73. The second kappa shape index (κ2) is 4.99. The van der Waals surface area contributed by atoms with E-state index in [2.05, 4.69) is 86.6 Å². The van der Waals surface area contributed by atoms with Crippen molar-refractivity contribution in [1.82, 2.24) is 0 Å². The van der Waals surface area contributed by atoms with E-state index in [4.69, 9.17) is 0 Å².